The molecule has 20 heavy (non-hydrogen) atoms. The fraction of sp³-hybridized carbons (Fsp3) is 0.692. The van der Waals surface area contributed by atoms with E-state index in [0.717, 1.165) is 24.8 Å². The minimum Gasteiger partial charge on any atom is -0.370 e. The standard InChI is InChI=1S/C13H19F3N4/c1-2-17-12-19-10(13(14,15)16)8-11(20-12)18-7-3-4-9-5-6-9/h8-9H,2-7H2,1H3,(H2,17,18,19,20). The first kappa shape index (κ1) is 14.9. The van der Waals surface area contributed by atoms with Gasteiger partial charge in [0.05, 0.1) is 0 Å². The van der Waals surface area contributed by atoms with Crippen LogP contribution in [0.25, 0.3) is 0 Å². The highest BCUT2D eigenvalue weighted by Gasteiger charge is 2.33. The molecule has 1 aromatic heterocycles. The average Bonchev–Trinajstić information content (AvgIpc) is 3.18. The van der Waals surface area contributed by atoms with E-state index >= 15 is 0 Å². The topological polar surface area (TPSA) is 49.8 Å². The van der Waals surface area contributed by atoms with E-state index in [1.807, 2.05) is 0 Å². The average molecular weight is 288 g/mol. The second kappa shape index (κ2) is 6.28. The van der Waals surface area contributed by atoms with Crippen molar-refractivity contribution in [2.75, 3.05) is 23.7 Å². The Hall–Kier alpha value is -1.53. The van der Waals surface area contributed by atoms with Crippen LogP contribution in [0.1, 0.15) is 38.3 Å². The molecular formula is C13H19F3N4. The zero-order chi connectivity index (χ0) is 14.6. The van der Waals surface area contributed by atoms with Gasteiger partial charge in [0.2, 0.25) is 5.95 Å². The first-order chi connectivity index (χ1) is 9.49. The molecule has 0 aliphatic heterocycles. The maximum atomic E-state index is 12.7. The zero-order valence-corrected chi connectivity index (χ0v) is 11.4. The summed E-state index contributed by atoms with van der Waals surface area (Å²) in [5.74, 6) is 1.05. The van der Waals surface area contributed by atoms with Gasteiger partial charge in [0.15, 0.2) is 5.69 Å². The van der Waals surface area contributed by atoms with Crippen LogP contribution >= 0.6 is 0 Å². The third-order valence-corrected chi connectivity index (χ3v) is 3.14. The van der Waals surface area contributed by atoms with Crippen molar-refractivity contribution >= 4 is 11.8 Å². The van der Waals surface area contributed by atoms with Crippen LogP contribution in [-0.2, 0) is 6.18 Å². The molecule has 4 nitrogen and oxygen atoms in total. The Labute approximate surface area is 116 Å². The maximum Gasteiger partial charge on any atom is 0.433 e. The van der Waals surface area contributed by atoms with Crippen LogP contribution in [0.3, 0.4) is 0 Å². The third kappa shape index (κ3) is 4.54. The molecule has 2 rings (SSSR count). The molecule has 0 aromatic carbocycles. The molecule has 0 atom stereocenters. The highest BCUT2D eigenvalue weighted by atomic mass is 19.4. The van der Waals surface area contributed by atoms with Crippen LogP contribution in [0.15, 0.2) is 6.07 Å². The van der Waals surface area contributed by atoms with Gasteiger partial charge < -0.3 is 10.6 Å². The van der Waals surface area contributed by atoms with Crippen molar-refractivity contribution in [1.29, 1.82) is 0 Å². The molecule has 0 unspecified atom stereocenters. The molecule has 0 bridgehead atoms. The third-order valence-electron chi connectivity index (χ3n) is 3.14. The maximum absolute atomic E-state index is 12.7. The Bertz CT molecular complexity index is 444. The molecule has 112 valence electrons. The molecule has 0 amide bonds. The largest absolute Gasteiger partial charge is 0.433 e. The van der Waals surface area contributed by atoms with E-state index in [1.54, 1.807) is 6.92 Å². The van der Waals surface area contributed by atoms with Crippen molar-refractivity contribution in [2.24, 2.45) is 5.92 Å². The summed E-state index contributed by atoms with van der Waals surface area (Å²) >= 11 is 0. The van der Waals surface area contributed by atoms with Crippen LogP contribution in [0, 0.1) is 5.92 Å². The Kier molecular flexibility index (Phi) is 4.67. The van der Waals surface area contributed by atoms with Crippen LogP contribution in [0.5, 0.6) is 0 Å². The fourth-order valence-corrected chi connectivity index (χ4v) is 1.93. The van der Waals surface area contributed by atoms with E-state index in [2.05, 4.69) is 20.6 Å². The molecule has 1 aliphatic carbocycles. The molecule has 1 saturated carbocycles. The predicted molar refractivity (Wildman–Crippen MR) is 71.6 cm³/mol. The number of hydrogen-bond donors (Lipinski definition) is 2. The Morgan fingerprint density at radius 2 is 2.00 bits per heavy atom. The number of halogens is 3. The van der Waals surface area contributed by atoms with E-state index in [-0.39, 0.29) is 11.8 Å². The van der Waals surface area contributed by atoms with E-state index < -0.39 is 11.9 Å². The zero-order valence-electron chi connectivity index (χ0n) is 11.4. The van der Waals surface area contributed by atoms with E-state index in [9.17, 15) is 13.2 Å². The van der Waals surface area contributed by atoms with Crippen molar-refractivity contribution in [3.8, 4) is 0 Å². The van der Waals surface area contributed by atoms with Crippen LogP contribution in [0.2, 0.25) is 0 Å². The second-order valence-electron chi connectivity index (χ2n) is 5.00. The molecule has 0 radical (unpaired) electrons. The summed E-state index contributed by atoms with van der Waals surface area (Å²) < 4.78 is 38.2. The number of aromatic nitrogens is 2. The molecule has 0 spiro atoms. The Morgan fingerprint density at radius 3 is 2.60 bits per heavy atom. The highest BCUT2D eigenvalue weighted by Crippen LogP contribution is 2.33. The molecule has 1 heterocycles. The van der Waals surface area contributed by atoms with Crippen molar-refractivity contribution in [3.05, 3.63) is 11.8 Å². The van der Waals surface area contributed by atoms with Gasteiger partial charge in [-0.3, -0.25) is 0 Å². The summed E-state index contributed by atoms with van der Waals surface area (Å²) in [6.07, 6.45) is 0.195. The van der Waals surface area contributed by atoms with Crippen molar-refractivity contribution in [3.63, 3.8) is 0 Å². The van der Waals surface area contributed by atoms with Gasteiger partial charge in [-0.2, -0.15) is 18.2 Å². The summed E-state index contributed by atoms with van der Waals surface area (Å²) in [6, 6.07) is 0.956. The van der Waals surface area contributed by atoms with Gasteiger partial charge in [-0.1, -0.05) is 12.8 Å². The lowest BCUT2D eigenvalue weighted by Crippen LogP contribution is -2.14. The van der Waals surface area contributed by atoms with E-state index in [1.165, 1.54) is 12.8 Å². The minimum atomic E-state index is -4.46. The number of anilines is 2. The molecule has 1 fully saturated rings. The van der Waals surface area contributed by atoms with Crippen LogP contribution in [-0.4, -0.2) is 23.1 Å². The number of alkyl halides is 3. The lowest BCUT2D eigenvalue weighted by Gasteiger charge is -2.12. The predicted octanol–water partition coefficient (Wildman–Crippen LogP) is 3.53. The lowest BCUT2D eigenvalue weighted by atomic mass is 10.2. The monoisotopic (exact) mass is 288 g/mol. The summed E-state index contributed by atoms with van der Waals surface area (Å²) in [7, 11) is 0. The Morgan fingerprint density at radius 1 is 1.25 bits per heavy atom. The summed E-state index contributed by atoms with van der Waals surface area (Å²) in [4.78, 5) is 7.51. The van der Waals surface area contributed by atoms with E-state index in [4.69, 9.17) is 0 Å². The molecule has 0 saturated heterocycles. The van der Waals surface area contributed by atoms with Crippen molar-refractivity contribution < 1.29 is 13.2 Å². The normalized spacial score (nSPS) is 15.2. The fourth-order valence-electron chi connectivity index (χ4n) is 1.93. The van der Waals surface area contributed by atoms with Gasteiger partial charge in [0.25, 0.3) is 0 Å². The summed E-state index contributed by atoms with van der Waals surface area (Å²) in [5.41, 5.74) is -0.923. The minimum absolute atomic E-state index is 0.00650. The van der Waals surface area contributed by atoms with Gasteiger partial charge in [0.1, 0.15) is 5.82 Å². The second-order valence-corrected chi connectivity index (χ2v) is 5.00. The Balaban J connectivity index is 1.99. The molecule has 1 aliphatic rings. The lowest BCUT2D eigenvalue weighted by molar-refractivity contribution is -0.141. The molecular weight excluding hydrogens is 269 g/mol. The van der Waals surface area contributed by atoms with Crippen LogP contribution in [0.4, 0.5) is 24.9 Å². The molecule has 2 N–H and O–H groups in total. The van der Waals surface area contributed by atoms with Crippen molar-refractivity contribution in [1.82, 2.24) is 9.97 Å². The number of hydrogen-bond acceptors (Lipinski definition) is 4. The van der Waals surface area contributed by atoms with Crippen LogP contribution < -0.4 is 10.6 Å². The number of nitrogens with one attached hydrogen (secondary N) is 2. The highest BCUT2D eigenvalue weighted by molar-refractivity contribution is 5.43. The summed E-state index contributed by atoms with van der Waals surface area (Å²) in [5, 5.41) is 5.66. The molecule has 7 heteroatoms. The number of nitrogens with zero attached hydrogens (tertiary/aromatic N) is 2. The summed E-state index contributed by atoms with van der Waals surface area (Å²) in [6.45, 7) is 2.89. The van der Waals surface area contributed by atoms with Gasteiger partial charge in [-0.15, -0.1) is 0 Å². The van der Waals surface area contributed by atoms with Crippen molar-refractivity contribution in [2.45, 2.75) is 38.8 Å². The smallest absolute Gasteiger partial charge is 0.370 e. The van der Waals surface area contributed by atoms with Gasteiger partial charge in [-0.05, 0) is 25.7 Å². The number of rotatable bonds is 7. The molecule has 1 aromatic rings. The first-order valence-electron chi connectivity index (χ1n) is 6.93. The van der Waals surface area contributed by atoms with E-state index in [0.29, 0.717) is 13.1 Å². The SMILES string of the molecule is CCNc1nc(NCCCC2CC2)cc(C(F)(F)F)n1. The van der Waals surface area contributed by atoms with Gasteiger partial charge in [-0.25, -0.2) is 4.98 Å². The first-order valence-corrected chi connectivity index (χ1v) is 6.93. The van der Waals surface area contributed by atoms with Gasteiger partial charge >= 0.3 is 6.18 Å². The van der Waals surface area contributed by atoms with Gasteiger partial charge in [0, 0.05) is 19.2 Å². The quantitative estimate of drug-likeness (QED) is 0.754.